The Morgan fingerprint density at radius 3 is 2.11 bits per heavy atom. The number of quaternary nitrogens is 1. The quantitative estimate of drug-likeness (QED) is 0.731. The lowest BCUT2D eigenvalue weighted by molar-refractivity contribution is -0.918. The van der Waals surface area contributed by atoms with Gasteiger partial charge in [-0.05, 0) is 12.1 Å². The largest absolute Gasteiger partial charge is 0.348 e. The molecule has 2 aliphatic heterocycles. The van der Waals surface area contributed by atoms with Crippen molar-refractivity contribution in [2.24, 2.45) is 0 Å². The van der Waals surface area contributed by atoms with E-state index in [1.165, 1.54) is 23.3 Å². The molecule has 0 spiro atoms. The predicted octanol–water partition coefficient (Wildman–Crippen LogP) is 0.819. The van der Waals surface area contributed by atoms with E-state index in [4.69, 9.17) is 0 Å². The summed E-state index contributed by atoms with van der Waals surface area (Å²) in [5.41, 5.74) is 1.92. The number of amides is 3. The summed E-state index contributed by atoms with van der Waals surface area (Å²) in [6.45, 7) is 2.42. The maximum atomic E-state index is 12.5. The first-order valence-corrected chi connectivity index (χ1v) is 9.76. The van der Waals surface area contributed by atoms with Gasteiger partial charge < -0.3 is 10.2 Å². The summed E-state index contributed by atoms with van der Waals surface area (Å²) < 4.78 is 0. The number of nitrogens with zero attached hydrogens (tertiary/aromatic N) is 1. The first-order valence-electron chi connectivity index (χ1n) is 9.76. The Hall–Kier alpha value is -2.99. The number of likely N-dealkylation sites (tertiary alicyclic amines) is 1. The molecule has 2 heterocycles. The minimum atomic E-state index is -0.402. The summed E-state index contributed by atoms with van der Waals surface area (Å²) in [7, 11) is 0. The lowest BCUT2D eigenvalue weighted by Gasteiger charge is -2.25. The van der Waals surface area contributed by atoms with Gasteiger partial charge in [0.25, 0.3) is 11.8 Å². The van der Waals surface area contributed by atoms with Crippen molar-refractivity contribution in [1.82, 2.24) is 10.2 Å². The van der Waals surface area contributed by atoms with Gasteiger partial charge in [-0.25, -0.2) is 0 Å². The second-order valence-corrected chi connectivity index (χ2v) is 7.37. The van der Waals surface area contributed by atoms with Crippen molar-refractivity contribution in [2.75, 3.05) is 26.2 Å². The Morgan fingerprint density at radius 2 is 1.50 bits per heavy atom. The van der Waals surface area contributed by atoms with Crippen molar-refractivity contribution in [3.63, 3.8) is 0 Å². The molecule has 3 amide bonds. The van der Waals surface area contributed by atoms with E-state index >= 15 is 0 Å². The Balaban J connectivity index is 1.41. The fourth-order valence-corrected chi connectivity index (χ4v) is 4.16. The third-order valence-electron chi connectivity index (χ3n) is 5.62. The van der Waals surface area contributed by atoms with Crippen molar-refractivity contribution in [3.05, 3.63) is 71.3 Å². The van der Waals surface area contributed by atoms with Crippen molar-refractivity contribution in [3.8, 4) is 0 Å². The Kier molecular flexibility index (Phi) is 5.21. The number of imide groups is 1. The third kappa shape index (κ3) is 3.55. The molecule has 1 fully saturated rings. The highest BCUT2D eigenvalue weighted by Gasteiger charge is 2.36. The van der Waals surface area contributed by atoms with Gasteiger partial charge in [0.15, 0.2) is 0 Å². The van der Waals surface area contributed by atoms with Crippen LogP contribution in [0.3, 0.4) is 0 Å². The van der Waals surface area contributed by atoms with Crippen LogP contribution in [0, 0.1) is 0 Å². The Bertz CT molecular complexity index is 856. The lowest BCUT2D eigenvalue weighted by atomic mass is 10.1. The first kappa shape index (κ1) is 18.4. The number of carbonyl (C=O) groups is 3. The summed E-state index contributed by atoms with van der Waals surface area (Å²) in [6, 6.07) is 17.0. The molecule has 0 aliphatic carbocycles. The van der Waals surface area contributed by atoms with Crippen LogP contribution < -0.4 is 10.2 Å². The van der Waals surface area contributed by atoms with Crippen LogP contribution in [0.15, 0.2) is 54.6 Å². The summed E-state index contributed by atoms with van der Waals surface area (Å²) >= 11 is 0. The number of fused-ring (bicyclic) bond motifs is 1. The number of hydrogen-bond acceptors (Lipinski definition) is 3. The van der Waals surface area contributed by atoms with Crippen LogP contribution in [0.5, 0.6) is 0 Å². The molecule has 28 heavy (non-hydrogen) atoms. The maximum absolute atomic E-state index is 12.5. The molecular formula is C22H24N3O3+. The van der Waals surface area contributed by atoms with Crippen molar-refractivity contribution in [2.45, 2.75) is 18.9 Å². The number of carbonyl (C=O) groups excluding carboxylic acids is 3. The zero-order chi connectivity index (χ0) is 19.5. The minimum Gasteiger partial charge on any atom is -0.348 e. The van der Waals surface area contributed by atoms with Crippen molar-refractivity contribution < 1.29 is 19.3 Å². The van der Waals surface area contributed by atoms with E-state index in [0.29, 0.717) is 17.7 Å². The molecule has 6 nitrogen and oxygen atoms in total. The van der Waals surface area contributed by atoms with E-state index in [-0.39, 0.29) is 18.5 Å². The molecule has 1 atom stereocenters. The van der Waals surface area contributed by atoms with Gasteiger partial charge in [0.1, 0.15) is 12.6 Å². The first-order chi connectivity index (χ1) is 13.6. The van der Waals surface area contributed by atoms with Crippen LogP contribution >= 0.6 is 0 Å². The maximum Gasteiger partial charge on any atom is 0.262 e. The molecule has 6 heteroatoms. The summed E-state index contributed by atoms with van der Waals surface area (Å²) in [4.78, 5) is 39.9. The highest BCUT2D eigenvalue weighted by Crippen LogP contribution is 2.22. The molecule has 1 saturated heterocycles. The second kappa shape index (κ2) is 7.94. The van der Waals surface area contributed by atoms with Crippen LogP contribution in [-0.4, -0.2) is 48.8 Å². The van der Waals surface area contributed by atoms with E-state index in [0.717, 1.165) is 18.0 Å². The SMILES string of the molecule is O=C(CN1C(=O)c2ccccc2C1=O)NC[C@H](c1ccccc1)[NH+]1CCCC1. The minimum absolute atomic E-state index is 0.176. The summed E-state index contributed by atoms with van der Waals surface area (Å²) in [6.07, 6.45) is 2.39. The monoisotopic (exact) mass is 378 g/mol. The highest BCUT2D eigenvalue weighted by molar-refractivity contribution is 6.22. The molecule has 0 aromatic heterocycles. The van der Waals surface area contributed by atoms with Gasteiger partial charge in [0.05, 0.1) is 30.8 Å². The average Bonchev–Trinajstić information content (AvgIpc) is 3.33. The zero-order valence-corrected chi connectivity index (χ0v) is 15.7. The van der Waals surface area contributed by atoms with E-state index in [9.17, 15) is 14.4 Å². The van der Waals surface area contributed by atoms with Crippen LogP contribution in [0.25, 0.3) is 0 Å². The molecular weight excluding hydrogens is 354 g/mol. The summed E-state index contributed by atoms with van der Waals surface area (Å²) in [5.74, 6) is -1.12. The van der Waals surface area contributed by atoms with E-state index in [1.54, 1.807) is 24.3 Å². The molecule has 2 aliphatic rings. The van der Waals surface area contributed by atoms with Crippen LogP contribution in [-0.2, 0) is 4.79 Å². The molecule has 4 rings (SSSR count). The molecule has 144 valence electrons. The van der Waals surface area contributed by atoms with E-state index in [1.807, 2.05) is 18.2 Å². The van der Waals surface area contributed by atoms with Gasteiger partial charge in [-0.15, -0.1) is 0 Å². The van der Waals surface area contributed by atoms with E-state index < -0.39 is 11.8 Å². The van der Waals surface area contributed by atoms with Crippen LogP contribution in [0.1, 0.15) is 45.2 Å². The Morgan fingerprint density at radius 1 is 0.929 bits per heavy atom. The van der Waals surface area contributed by atoms with Gasteiger partial charge in [0.2, 0.25) is 5.91 Å². The number of benzene rings is 2. The normalized spacial score (nSPS) is 17.6. The Labute approximate surface area is 164 Å². The third-order valence-corrected chi connectivity index (χ3v) is 5.62. The zero-order valence-electron chi connectivity index (χ0n) is 15.7. The standard InChI is InChI=1S/C22H23N3O3/c26-20(15-25-21(27)17-10-4-5-11-18(17)22(25)28)23-14-19(24-12-6-7-13-24)16-8-2-1-3-9-16/h1-5,8-11,19H,6-7,12-15H2,(H,23,26)/p+1/t19-/m1/s1. The summed E-state index contributed by atoms with van der Waals surface area (Å²) in [5, 5.41) is 2.95. The molecule has 2 aromatic carbocycles. The van der Waals surface area contributed by atoms with Gasteiger partial charge in [0, 0.05) is 18.4 Å². The second-order valence-electron chi connectivity index (χ2n) is 7.37. The molecule has 2 N–H and O–H groups in total. The van der Waals surface area contributed by atoms with Crippen molar-refractivity contribution >= 4 is 17.7 Å². The molecule has 0 bridgehead atoms. The fraction of sp³-hybridized carbons (Fsp3) is 0.318. The highest BCUT2D eigenvalue weighted by atomic mass is 16.2. The van der Waals surface area contributed by atoms with Gasteiger partial charge in [-0.2, -0.15) is 0 Å². The fourth-order valence-electron chi connectivity index (χ4n) is 4.16. The lowest BCUT2D eigenvalue weighted by Crippen LogP contribution is -3.11. The molecule has 0 saturated carbocycles. The predicted molar refractivity (Wildman–Crippen MR) is 104 cm³/mol. The topological polar surface area (TPSA) is 70.9 Å². The van der Waals surface area contributed by atoms with E-state index in [2.05, 4.69) is 17.4 Å². The van der Waals surface area contributed by atoms with Gasteiger partial charge >= 0.3 is 0 Å². The van der Waals surface area contributed by atoms with Crippen LogP contribution in [0.2, 0.25) is 0 Å². The molecule has 2 aromatic rings. The van der Waals surface area contributed by atoms with Gasteiger partial charge in [-0.3, -0.25) is 19.3 Å². The smallest absolute Gasteiger partial charge is 0.262 e. The molecule has 0 radical (unpaired) electrons. The number of hydrogen-bond donors (Lipinski definition) is 2. The average molecular weight is 378 g/mol. The van der Waals surface area contributed by atoms with Crippen molar-refractivity contribution in [1.29, 1.82) is 0 Å². The van der Waals surface area contributed by atoms with Crippen LogP contribution in [0.4, 0.5) is 0 Å². The molecule has 0 unspecified atom stereocenters. The number of nitrogens with one attached hydrogen (secondary N) is 2. The van der Waals surface area contributed by atoms with Gasteiger partial charge in [-0.1, -0.05) is 42.5 Å². The number of rotatable bonds is 6.